The molecule has 0 aliphatic rings. The first-order valence-electron chi connectivity index (χ1n) is 6.40. The average molecular weight is 312 g/mol. The van der Waals surface area contributed by atoms with Crippen LogP contribution in [0.3, 0.4) is 0 Å². The molecule has 1 aromatic carbocycles. The van der Waals surface area contributed by atoms with E-state index in [-0.39, 0.29) is 6.61 Å². The third-order valence-corrected chi connectivity index (χ3v) is 3.90. The molecular weight excluding hydrogens is 300 g/mol. The highest BCUT2D eigenvalue weighted by Gasteiger charge is 2.15. The van der Waals surface area contributed by atoms with Crippen LogP contribution in [0.15, 0.2) is 35.5 Å². The van der Waals surface area contributed by atoms with Crippen LogP contribution < -0.4 is 4.74 Å². The summed E-state index contributed by atoms with van der Waals surface area (Å²) >= 11 is -1.11. The summed E-state index contributed by atoms with van der Waals surface area (Å²) in [5, 5.41) is 0. The Morgan fingerprint density at radius 1 is 1.36 bits per heavy atom. The van der Waals surface area contributed by atoms with E-state index in [4.69, 9.17) is 11.2 Å². The second kappa shape index (κ2) is 6.05. The van der Waals surface area contributed by atoms with Crippen molar-refractivity contribution < 1.29 is 9.29 Å². The summed E-state index contributed by atoms with van der Waals surface area (Å²) in [6, 6.07) is 5.26. The molecule has 0 radical (unpaired) electrons. The van der Waals surface area contributed by atoms with Crippen LogP contribution in [0.5, 0.6) is 5.75 Å². The number of imidazole rings is 1. The van der Waals surface area contributed by atoms with Crippen LogP contribution >= 0.6 is 0 Å². The van der Waals surface area contributed by atoms with Crippen LogP contribution in [0.2, 0.25) is 0 Å². The molecule has 22 heavy (non-hydrogen) atoms. The molecule has 1 atom stereocenters. The van der Waals surface area contributed by atoms with Gasteiger partial charge in [0.05, 0.1) is 5.56 Å². The molecule has 0 saturated carbocycles. The molecule has 2 heterocycles. The number of aromatic amines is 1. The summed E-state index contributed by atoms with van der Waals surface area (Å²) in [6.45, 7) is 0.115. The van der Waals surface area contributed by atoms with Gasteiger partial charge in [-0.3, -0.25) is 0 Å². The van der Waals surface area contributed by atoms with Crippen molar-refractivity contribution in [1.82, 2.24) is 19.9 Å². The molecule has 110 valence electrons. The summed E-state index contributed by atoms with van der Waals surface area (Å²) in [5.74, 6) is 3.51. The number of terminal acetylenes is 1. The molecule has 0 amide bonds. The number of nitrogens with one attached hydrogen (secondary N) is 1. The zero-order valence-corrected chi connectivity index (χ0v) is 12.6. The summed E-state index contributed by atoms with van der Waals surface area (Å²) in [4.78, 5) is 16.4. The Balaban J connectivity index is 2.09. The SMILES string of the molecule is C#CCOc1cc([S+](C)[O-])ccc1-c1nc2nccnc2[nH]1. The third kappa shape index (κ3) is 2.74. The van der Waals surface area contributed by atoms with E-state index in [9.17, 15) is 4.55 Å². The number of rotatable bonds is 4. The molecule has 0 bridgehead atoms. The first kappa shape index (κ1) is 14.4. The molecule has 3 aromatic rings. The number of fused-ring (bicyclic) bond motifs is 1. The lowest BCUT2D eigenvalue weighted by atomic mass is 10.2. The lowest BCUT2D eigenvalue weighted by Crippen LogP contribution is -2.01. The van der Waals surface area contributed by atoms with Gasteiger partial charge in [0.25, 0.3) is 0 Å². The zero-order chi connectivity index (χ0) is 15.5. The molecule has 0 aliphatic carbocycles. The summed E-state index contributed by atoms with van der Waals surface area (Å²) in [7, 11) is 0. The highest BCUT2D eigenvalue weighted by Crippen LogP contribution is 2.31. The van der Waals surface area contributed by atoms with Crippen molar-refractivity contribution in [3.05, 3.63) is 30.6 Å². The van der Waals surface area contributed by atoms with Gasteiger partial charge in [0.1, 0.15) is 24.4 Å². The van der Waals surface area contributed by atoms with E-state index in [0.717, 1.165) is 0 Å². The molecule has 3 rings (SSSR count). The largest absolute Gasteiger partial charge is 0.612 e. The Morgan fingerprint density at radius 2 is 2.18 bits per heavy atom. The van der Waals surface area contributed by atoms with Crippen molar-refractivity contribution in [2.45, 2.75) is 4.90 Å². The van der Waals surface area contributed by atoms with Crippen molar-refractivity contribution in [2.75, 3.05) is 12.9 Å². The molecule has 2 aromatic heterocycles. The summed E-state index contributed by atoms with van der Waals surface area (Å²) < 4.78 is 17.2. The first-order valence-corrected chi connectivity index (χ1v) is 7.95. The fraction of sp³-hybridized carbons (Fsp3) is 0.133. The number of aromatic nitrogens is 4. The number of hydrogen-bond donors (Lipinski definition) is 1. The smallest absolute Gasteiger partial charge is 0.197 e. The van der Waals surface area contributed by atoms with Crippen molar-refractivity contribution in [2.24, 2.45) is 0 Å². The van der Waals surface area contributed by atoms with Crippen molar-refractivity contribution in [3.8, 4) is 29.5 Å². The van der Waals surface area contributed by atoms with Gasteiger partial charge in [-0.2, -0.15) is 0 Å². The lowest BCUT2D eigenvalue weighted by Gasteiger charge is -2.10. The summed E-state index contributed by atoms with van der Waals surface area (Å²) in [5.41, 5.74) is 1.82. The van der Waals surface area contributed by atoms with Crippen LogP contribution in [-0.4, -0.2) is 37.4 Å². The Labute approximate surface area is 130 Å². The average Bonchev–Trinajstić information content (AvgIpc) is 2.96. The number of hydrogen-bond acceptors (Lipinski definition) is 5. The van der Waals surface area contributed by atoms with Crippen molar-refractivity contribution in [1.29, 1.82) is 0 Å². The number of benzene rings is 1. The molecule has 7 heteroatoms. The Kier molecular flexibility index (Phi) is 3.96. The Hall–Kier alpha value is -2.56. The van der Waals surface area contributed by atoms with Crippen LogP contribution in [0, 0.1) is 12.3 Å². The second-order valence-electron chi connectivity index (χ2n) is 4.42. The predicted octanol–water partition coefficient (Wildman–Crippen LogP) is 1.77. The van der Waals surface area contributed by atoms with E-state index in [2.05, 4.69) is 25.9 Å². The van der Waals surface area contributed by atoms with Crippen molar-refractivity contribution in [3.63, 3.8) is 0 Å². The summed E-state index contributed by atoms with van der Waals surface area (Å²) in [6.07, 6.45) is 10.0. The molecule has 6 nitrogen and oxygen atoms in total. The first-order chi connectivity index (χ1) is 10.7. The highest BCUT2D eigenvalue weighted by molar-refractivity contribution is 7.90. The normalized spacial score (nSPS) is 12.0. The number of nitrogens with zero attached hydrogens (tertiary/aromatic N) is 3. The van der Waals surface area contributed by atoms with Crippen LogP contribution in [-0.2, 0) is 11.2 Å². The van der Waals surface area contributed by atoms with Crippen molar-refractivity contribution >= 4 is 22.5 Å². The standard InChI is InChI=1S/C15H12N4O2S/c1-3-8-21-12-9-10(22(2)20)4-5-11(12)13-18-14-15(19-13)17-7-6-16-14/h1,4-7,9H,8H2,2H3,(H,16,17,18,19). The second-order valence-corrected chi connectivity index (χ2v) is 5.80. The van der Waals surface area contributed by atoms with E-state index in [1.165, 1.54) is 0 Å². The van der Waals surface area contributed by atoms with E-state index in [0.29, 0.717) is 33.3 Å². The number of H-pyrrole nitrogens is 1. The molecule has 0 saturated heterocycles. The molecular formula is C15H12N4O2S. The maximum absolute atomic E-state index is 11.6. The fourth-order valence-corrected chi connectivity index (χ4v) is 2.52. The van der Waals surface area contributed by atoms with Crippen LogP contribution in [0.1, 0.15) is 0 Å². The quantitative estimate of drug-likeness (QED) is 0.586. The maximum Gasteiger partial charge on any atom is 0.197 e. The molecule has 0 aliphatic heterocycles. The lowest BCUT2D eigenvalue weighted by molar-refractivity contribution is 0.370. The molecule has 0 fully saturated rings. The van der Waals surface area contributed by atoms with Gasteiger partial charge in [-0.25, -0.2) is 15.0 Å². The zero-order valence-electron chi connectivity index (χ0n) is 11.7. The van der Waals surface area contributed by atoms with Crippen LogP contribution in [0.4, 0.5) is 0 Å². The third-order valence-electron chi connectivity index (χ3n) is 2.98. The minimum Gasteiger partial charge on any atom is -0.612 e. The van der Waals surface area contributed by atoms with Gasteiger partial charge in [0.15, 0.2) is 16.2 Å². The van der Waals surface area contributed by atoms with Gasteiger partial charge in [-0.05, 0) is 23.3 Å². The number of ether oxygens (including phenoxy) is 1. The van der Waals surface area contributed by atoms with E-state index in [1.54, 1.807) is 36.8 Å². The highest BCUT2D eigenvalue weighted by atomic mass is 32.2. The van der Waals surface area contributed by atoms with E-state index in [1.807, 2.05) is 0 Å². The van der Waals surface area contributed by atoms with Gasteiger partial charge in [0.2, 0.25) is 0 Å². The van der Waals surface area contributed by atoms with Gasteiger partial charge in [-0.1, -0.05) is 5.92 Å². The molecule has 0 spiro atoms. The Morgan fingerprint density at radius 3 is 2.91 bits per heavy atom. The topological polar surface area (TPSA) is 86.8 Å². The minimum atomic E-state index is -1.11. The maximum atomic E-state index is 11.6. The molecule has 1 unspecified atom stereocenters. The van der Waals surface area contributed by atoms with E-state index < -0.39 is 11.2 Å². The fourth-order valence-electron chi connectivity index (χ4n) is 1.99. The predicted molar refractivity (Wildman–Crippen MR) is 83.8 cm³/mol. The van der Waals surface area contributed by atoms with E-state index >= 15 is 0 Å². The van der Waals surface area contributed by atoms with Crippen LogP contribution in [0.25, 0.3) is 22.7 Å². The monoisotopic (exact) mass is 312 g/mol. The van der Waals surface area contributed by atoms with Gasteiger partial charge >= 0.3 is 0 Å². The van der Waals surface area contributed by atoms with Gasteiger partial charge in [-0.15, -0.1) is 6.42 Å². The molecule has 1 N–H and O–H groups in total. The van der Waals surface area contributed by atoms with Gasteiger partial charge in [0, 0.05) is 18.5 Å². The Bertz CT molecular complexity index is 821. The van der Waals surface area contributed by atoms with Gasteiger partial charge < -0.3 is 14.3 Å². The minimum absolute atomic E-state index is 0.115.